The monoisotopic (exact) mass is 427 g/mol. The van der Waals surface area contributed by atoms with Crippen LogP contribution in [0.25, 0.3) is 0 Å². The second-order valence-electron chi connectivity index (χ2n) is 9.43. The Bertz CT molecular complexity index is 590. The molecule has 1 saturated heterocycles. The van der Waals surface area contributed by atoms with Crippen LogP contribution >= 0.6 is 0 Å². The first-order chi connectivity index (χ1) is 13.7. The van der Waals surface area contributed by atoms with Crippen LogP contribution in [0.4, 0.5) is 9.59 Å². The van der Waals surface area contributed by atoms with Gasteiger partial charge in [-0.3, -0.25) is 0 Å². The molecule has 1 aliphatic rings. The Morgan fingerprint density at radius 1 is 1.07 bits per heavy atom. The zero-order valence-corrected chi connectivity index (χ0v) is 19.4. The summed E-state index contributed by atoms with van der Waals surface area (Å²) in [4.78, 5) is 39.4. The molecule has 0 bridgehead atoms. The summed E-state index contributed by atoms with van der Waals surface area (Å²) in [7, 11) is 0. The molecule has 1 fully saturated rings. The molecule has 0 unspecified atom stereocenters. The molecular formula is C22H37NO7. The van der Waals surface area contributed by atoms with Gasteiger partial charge in [-0.1, -0.05) is 18.9 Å². The minimum Gasteiger partial charge on any atom is -0.458 e. The normalized spacial score (nSPS) is 23.3. The molecule has 8 heteroatoms. The Morgan fingerprint density at radius 2 is 1.57 bits per heavy atom. The average molecular weight is 428 g/mol. The summed E-state index contributed by atoms with van der Waals surface area (Å²) in [6.07, 6.45) is 1.20. The SMILES string of the molecule is C=CCO[C@@H]1CCCC[C@H](N(C(=O)OC(C)(C)C)C(=O)OC(C)(C)C)C(=O)O[C@H]1C. The smallest absolute Gasteiger partial charge is 0.420 e. The maximum atomic E-state index is 13.0. The van der Waals surface area contributed by atoms with Crippen molar-refractivity contribution in [2.75, 3.05) is 6.61 Å². The largest absolute Gasteiger partial charge is 0.458 e. The van der Waals surface area contributed by atoms with E-state index >= 15 is 0 Å². The quantitative estimate of drug-likeness (QED) is 0.368. The van der Waals surface area contributed by atoms with E-state index in [1.54, 1.807) is 54.5 Å². The van der Waals surface area contributed by atoms with Gasteiger partial charge in [0.2, 0.25) is 0 Å². The van der Waals surface area contributed by atoms with Crippen molar-refractivity contribution in [3.8, 4) is 0 Å². The zero-order valence-electron chi connectivity index (χ0n) is 19.4. The zero-order chi connectivity index (χ0) is 23.1. The molecule has 0 aliphatic carbocycles. The predicted octanol–water partition coefficient (Wildman–Crippen LogP) is 4.60. The standard InChI is InChI=1S/C22H37NO7/c1-9-14-27-17-13-11-10-12-16(18(24)28-15(17)2)23(19(25)29-21(3,4)5)20(26)30-22(6,7)8/h9,15-17H,1,10-14H2,2-8H3/t15-,16-,17+/m0/s1. The van der Waals surface area contributed by atoms with Gasteiger partial charge in [-0.05, 0) is 61.3 Å². The van der Waals surface area contributed by atoms with Crippen molar-refractivity contribution in [1.82, 2.24) is 4.90 Å². The van der Waals surface area contributed by atoms with E-state index in [1.807, 2.05) is 0 Å². The summed E-state index contributed by atoms with van der Waals surface area (Å²) in [5, 5.41) is 0. The predicted molar refractivity (Wildman–Crippen MR) is 112 cm³/mol. The van der Waals surface area contributed by atoms with Gasteiger partial charge in [0, 0.05) is 0 Å². The van der Waals surface area contributed by atoms with Crippen molar-refractivity contribution in [3.05, 3.63) is 12.7 Å². The highest BCUT2D eigenvalue weighted by atomic mass is 16.6. The molecule has 30 heavy (non-hydrogen) atoms. The molecule has 0 aromatic carbocycles. The first-order valence-electron chi connectivity index (χ1n) is 10.4. The highest BCUT2D eigenvalue weighted by molar-refractivity contribution is 5.94. The highest BCUT2D eigenvalue weighted by Gasteiger charge is 2.42. The van der Waals surface area contributed by atoms with Crippen molar-refractivity contribution in [2.45, 2.75) is 104 Å². The number of ether oxygens (including phenoxy) is 4. The van der Waals surface area contributed by atoms with E-state index in [4.69, 9.17) is 18.9 Å². The average Bonchev–Trinajstić information content (AvgIpc) is 2.61. The van der Waals surface area contributed by atoms with E-state index in [2.05, 4.69) is 6.58 Å². The first-order valence-corrected chi connectivity index (χ1v) is 10.4. The van der Waals surface area contributed by atoms with Gasteiger partial charge in [-0.2, -0.15) is 4.90 Å². The lowest BCUT2D eigenvalue weighted by Crippen LogP contribution is -2.53. The fourth-order valence-electron chi connectivity index (χ4n) is 2.97. The highest BCUT2D eigenvalue weighted by Crippen LogP contribution is 2.24. The second-order valence-corrected chi connectivity index (χ2v) is 9.43. The molecule has 8 nitrogen and oxygen atoms in total. The Morgan fingerprint density at radius 3 is 2.03 bits per heavy atom. The third kappa shape index (κ3) is 8.73. The molecule has 0 N–H and O–H groups in total. The van der Waals surface area contributed by atoms with Crippen LogP contribution in [-0.2, 0) is 23.7 Å². The summed E-state index contributed by atoms with van der Waals surface area (Å²) >= 11 is 0. The maximum absolute atomic E-state index is 13.0. The Labute approximate surface area is 179 Å². The molecule has 1 heterocycles. The maximum Gasteiger partial charge on any atom is 0.420 e. The number of rotatable bonds is 4. The van der Waals surface area contributed by atoms with Gasteiger partial charge in [-0.25, -0.2) is 14.4 Å². The van der Waals surface area contributed by atoms with Gasteiger partial charge in [0.25, 0.3) is 0 Å². The first kappa shape index (κ1) is 25.9. The van der Waals surface area contributed by atoms with Crippen LogP contribution < -0.4 is 0 Å². The van der Waals surface area contributed by atoms with Crippen molar-refractivity contribution in [3.63, 3.8) is 0 Å². The number of hydrogen-bond acceptors (Lipinski definition) is 7. The van der Waals surface area contributed by atoms with Gasteiger partial charge in [0.1, 0.15) is 23.3 Å². The molecule has 0 spiro atoms. The molecule has 2 amide bonds. The summed E-state index contributed by atoms with van der Waals surface area (Å²) in [5.41, 5.74) is -1.70. The number of imide groups is 1. The van der Waals surface area contributed by atoms with Crippen LogP contribution in [0.3, 0.4) is 0 Å². The number of cyclic esters (lactones) is 1. The van der Waals surface area contributed by atoms with Crippen molar-refractivity contribution < 1.29 is 33.3 Å². The minimum absolute atomic E-state index is 0.248. The molecule has 3 atom stereocenters. The van der Waals surface area contributed by atoms with Gasteiger partial charge in [0.15, 0.2) is 0 Å². The number of nitrogens with zero attached hydrogens (tertiary/aromatic N) is 1. The van der Waals surface area contributed by atoms with Crippen molar-refractivity contribution >= 4 is 18.2 Å². The van der Waals surface area contributed by atoms with Crippen LogP contribution in [0.15, 0.2) is 12.7 Å². The molecule has 0 aromatic heterocycles. The van der Waals surface area contributed by atoms with Gasteiger partial charge >= 0.3 is 18.2 Å². The molecule has 1 aliphatic heterocycles. The molecular weight excluding hydrogens is 390 g/mol. The summed E-state index contributed by atoms with van der Waals surface area (Å²) in [6.45, 7) is 15.8. The van der Waals surface area contributed by atoms with E-state index < -0.39 is 41.5 Å². The van der Waals surface area contributed by atoms with Gasteiger partial charge < -0.3 is 18.9 Å². The number of amides is 2. The van der Waals surface area contributed by atoms with E-state index in [0.717, 1.165) is 11.3 Å². The third-order valence-corrected chi connectivity index (χ3v) is 4.23. The second kappa shape index (κ2) is 10.8. The fourth-order valence-corrected chi connectivity index (χ4v) is 2.97. The van der Waals surface area contributed by atoms with E-state index in [1.165, 1.54) is 0 Å². The lowest BCUT2D eigenvalue weighted by Gasteiger charge is -2.32. The van der Waals surface area contributed by atoms with E-state index in [-0.39, 0.29) is 12.5 Å². The van der Waals surface area contributed by atoms with Gasteiger partial charge in [-0.15, -0.1) is 6.58 Å². The van der Waals surface area contributed by atoms with E-state index in [0.29, 0.717) is 19.4 Å². The molecule has 0 radical (unpaired) electrons. The fraction of sp³-hybridized carbons (Fsp3) is 0.773. The van der Waals surface area contributed by atoms with Crippen LogP contribution in [-0.4, -0.2) is 59.1 Å². The Hall–Kier alpha value is -2.09. The summed E-state index contributed by atoms with van der Waals surface area (Å²) < 4.78 is 22.1. The Balaban J connectivity index is 3.16. The lowest BCUT2D eigenvalue weighted by molar-refractivity contribution is -0.161. The van der Waals surface area contributed by atoms with Gasteiger partial charge in [0.05, 0.1) is 12.7 Å². The summed E-state index contributed by atoms with van der Waals surface area (Å²) in [5.74, 6) is -0.687. The van der Waals surface area contributed by atoms with E-state index in [9.17, 15) is 14.4 Å². The molecule has 172 valence electrons. The molecule has 0 saturated carbocycles. The van der Waals surface area contributed by atoms with Crippen LogP contribution in [0, 0.1) is 0 Å². The topological polar surface area (TPSA) is 91.4 Å². The third-order valence-electron chi connectivity index (χ3n) is 4.23. The number of esters is 1. The lowest BCUT2D eigenvalue weighted by atomic mass is 10.0. The number of carbonyl (C=O) groups excluding carboxylic acids is 3. The number of carbonyl (C=O) groups is 3. The van der Waals surface area contributed by atoms with Crippen LogP contribution in [0.2, 0.25) is 0 Å². The summed E-state index contributed by atoms with van der Waals surface area (Å²) in [6, 6.07) is -1.14. The van der Waals surface area contributed by atoms with Crippen LogP contribution in [0.5, 0.6) is 0 Å². The molecule has 0 aromatic rings. The molecule has 1 rings (SSSR count). The van der Waals surface area contributed by atoms with Crippen molar-refractivity contribution in [2.24, 2.45) is 0 Å². The number of hydrogen-bond donors (Lipinski definition) is 0. The Kier molecular flexibility index (Phi) is 9.34. The van der Waals surface area contributed by atoms with Crippen molar-refractivity contribution in [1.29, 1.82) is 0 Å². The van der Waals surface area contributed by atoms with Crippen LogP contribution in [0.1, 0.15) is 74.1 Å². The minimum atomic E-state index is -1.14.